The average molecular weight is 316 g/mol. The number of hydrogen-bond acceptors (Lipinski definition) is 4. The zero-order chi connectivity index (χ0) is 16.5. The second kappa shape index (κ2) is 5.77. The molecule has 5 nitrogen and oxygen atoms in total. The molecule has 4 aromatic rings. The molecule has 0 fully saturated rings. The molecule has 0 radical (unpaired) electrons. The monoisotopic (exact) mass is 316 g/mol. The van der Waals surface area contributed by atoms with Gasteiger partial charge < -0.3 is 4.74 Å². The van der Waals surface area contributed by atoms with Gasteiger partial charge in [0.05, 0.1) is 24.7 Å². The van der Waals surface area contributed by atoms with Crippen molar-refractivity contribution in [3.8, 4) is 28.3 Å². The van der Waals surface area contributed by atoms with Crippen molar-refractivity contribution in [3.05, 3.63) is 60.3 Å². The van der Waals surface area contributed by atoms with Crippen LogP contribution in [0.4, 0.5) is 0 Å². The molecular weight excluding hydrogens is 300 g/mol. The summed E-state index contributed by atoms with van der Waals surface area (Å²) in [7, 11) is 1.65. The van der Waals surface area contributed by atoms with Crippen molar-refractivity contribution in [2.24, 2.45) is 0 Å². The Labute approximate surface area is 139 Å². The fourth-order valence-corrected chi connectivity index (χ4v) is 2.82. The topological polar surface area (TPSA) is 63.7 Å². The van der Waals surface area contributed by atoms with E-state index >= 15 is 0 Å². The van der Waals surface area contributed by atoms with Gasteiger partial charge in [-0.05, 0) is 24.6 Å². The normalized spacial score (nSPS) is 10.9. The predicted molar refractivity (Wildman–Crippen MR) is 93.8 cm³/mol. The van der Waals surface area contributed by atoms with Crippen molar-refractivity contribution in [2.45, 2.75) is 6.92 Å². The van der Waals surface area contributed by atoms with E-state index in [0.29, 0.717) is 5.65 Å². The summed E-state index contributed by atoms with van der Waals surface area (Å²) in [5.41, 5.74) is 6.15. The molecule has 4 rings (SSSR count). The summed E-state index contributed by atoms with van der Waals surface area (Å²) < 4.78 is 5.44. The molecule has 0 saturated carbocycles. The predicted octanol–water partition coefficient (Wildman–Crippen LogP) is 4.00. The third-order valence-electron chi connectivity index (χ3n) is 4.06. The number of benzene rings is 2. The zero-order valence-corrected chi connectivity index (χ0v) is 13.4. The Morgan fingerprint density at radius 2 is 1.71 bits per heavy atom. The lowest BCUT2D eigenvalue weighted by Crippen LogP contribution is -1.92. The van der Waals surface area contributed by atoms with Crippen molar-refractivity contribution in [1.29, 1.82) is 0 Å². The summed E-state index contributed by atoms with van der Waals surface area (Å²) in [6.07, 6.45) is 1.72. The van der Waals surface area contributed by atoms with Crippen LogP contribution in [0, 0.1) is 6.92 Å². The molecule has 0 aliphatic rings. The molecule has 0 saturated heterocycles. The number of aryl methyl sites for hydroxylation is 1. The fourth-order valence-electron chi connectivity index (χ4n) is 2.82. The number of hydrogen-bond donors (Lipinski definition) is 1. The first-order chi connectivity index (χ1) is 11.8. The molecule has 0 aliphatic heterocycles. The van der Waals surface area contributed by atoms with E-state index in [1.165, 1.54) is 0 Å². The summed E-state index contributed by atoms with van der Waals surface area (Å²) in [4.78, 5) is 9.24. The van der Waals surface area contributed by atoms with Gasteiger partial charge in [-0.1, -0.05) is 36.4 Å². The summed E-state index contributed by atoms with van der Waals surface area (Å²) in [6, 6.07) is 15.9. The van der Waals surface area contributed by atoms with Gasteiger partial charge in [0.1, 0.15) is 11.3 Å². The molecule has 0 spiro atoms. The SMILES string of the molecule is COc1ccccc1-c1cnc2n[nH]c(-c3ccccc3C)c2n1. The molecule has 0 unspecified atom stereocenters. The lowest BCUT2D eigenvalue weighted by molar-refractivity contribution is 0.416. The van der Waals surface area contributed by atoms with Crippen LogP contribution in [0.1, 0.15) is 5.56 Å². The van der Waals surface area contributed by atoms with Crippen molar-refractivity contribution in [1.82, 2.24) is 20.2 Å². The highest BCUT2D eigenvalue weighted by Crippen LogP contribution is 2.31. The number of aromatic nitrogens is 4. The highest BCUT2D eigenvalue weighted by molar-refractivity contribution is 5.89. The van der Waals surface area contributed by atoms with Crippen molar-refractivity contribution in [3.63, 3.8) is 0 Å². The van der Waals surface area contributed by atoms with Crippen LogP contribution in [-0.2, 0) is 0 Å². The van der Waals surface area contributed by atoms with Gasteiger partial charge in [0, 0.05) is 11.1 Å². The molecule has 2 heterocycles. The lowest BCUT2D eigenvalue weighted by Gasteiger charge is -2.07. The summed E-state index contributed by atoms with van der Waals surface area (Å²) in [6.45, 7) is 2.07. The van der Waals surface area contributed by atoms with Gasteiger partial charge in [0.25, 0.3) is 0 Å². The second-order valence-corrected chi connectivity index (χ2v) is 5.54. The third-order valence-corrected chi connectivity index (χ3v) is 4.06. The maximum Gasteiger partial charge on any atom is 0.200 e. The highest BCUT2D eigenvalue weighted by Gasteiger charge is 2.14. The largest absolute Gasteiger partial charge is 0.496 e. The Morgan fingerprint density at radius 1 is 0.958 bits per heavy atom. The number of ether oxygens (including phenoxy) is 1. The highest BCUT2D eigenvalue weighted by atomic mass is 16.5. The minimum Gasteiger partial charge on any atom is -0.496 e. The Hall–Kier alpha value is -3.21. The van der Waals surface area contributed by atoms with Crippen LogP contribution in [0.2, 0.25) is 0 Å². The van der Waals surface area contributed by atoms with Gasteiger partial charge in [-0.15, -0.1) is 0 Å². The molecule has 0 bridgehead atoms. The fraction of sp³-hybridized carbons (Fsp3) is 0.105. The van der Waals surface area contributed by atoms with Crippen LogP contribution in [0.25, 0.3) is 33.7 Å². The average Bonchev–Trinajstić information content (AvgIpc) is 3.05. The maximum absolute atomic E-state index is 5.44. The first-order valence-corrected chi connectivity index (χ1v) is 7.68. The molecule has 118 valence electrons. The van der Waals surface area contributed by atoms with Gasteiger partial charge in [0.15, 0.2) is 5.65 Å². The van der Waals surface area contributed by atoms with Gasteiger partial charge in [-0.2, -0.15) is 5.10 Å². The number of nitrogens with zero attached hydrogens (tertiary/aromatic N) is 3. The van der Waals surface area contributed by atoms with Crippen molar-refractivity contribution < 1.29 is 4.74 Å². The van der Waals surface area contributed by atoms with E-state index in [2.05, 4.69) is 34.2 Å². The number of nitrogens with one attached hydrogen (secondary N) is 1. The molecule has 2 aromatic heterocycles. The van der Waals surface area contributed by atoms with E-state index < -0.39 is 0 Å². The smallest absolute Gasteiger partial charge is 0.200 e. The minimum absolute atomic E-state index is 0.604. The van der Waals surface area contributed by atoms with E-state index in [1.54, 1.807) is 13.3 Å². The number of H-pyrrole nitrogens is 1. The number of para-hydroxylation sites is 1. The summed E-state index contributed by atoms with van der Waals surface area (Å²) in [5.74, 6) is 0.770. The molecule has 1 N–H and O–H groups in total. The van der Waals surface area contributed by atoms with Crippen molar-refractivity contribution in [2.75, 3.05) is 7.11 Å². The van der Waals surface area contributed by atoms with Crippen LogP contribution in [0.15, 0.2) is 54.7 Å². The Balaban J connectivity index is 1.93. The van der Waals surface area contributed by atoms with E-state index in [4.69, 9.17) is 9.72 Å². The van der Waals surface area contributed by atoms with Gasteiger partial charge in [-0.25, -0.2) is 9.97 Å². The number of rotatable bonds is 3. The van der Waals surface area contributed by atoms with Gasteiger partial charge in [-0.3, -0.25) is 5.10 Å². The van der Waals surface area contributed by atoms with Crippen molar-refractivity contribution >= 4 is 11.2 Å². The van der Waals surface area contributed by atoms with Crippen LogP contribution in [-0.4, -0.2) is 27.3 Å². The molecule has 0 aliphatic carbocycles. The number of fused-ring (bicyclic) bond motifs is 1. The molecule has 2 aromatic carbocycles. The first kappa shape index (κ1) is 14.4. The molecular formula is C19H16N4O. The Kier molecular flexibility index (Phi) is 3.46. The number of aromatic amines is 1. The zero-order valence-electron chi connectivity index (χ0n) is 13.4. The van der Waals surface area contributed by atoms with Crippen LogP contribution in [0.3, 0.4) is 0 Å². The van der Waals surface area contributed by atoms with Crippen LogP contribution in [0.5, 0.6) is 5.75 Å². The van der Waals surface area contributed by atoms with Crippen LogP contribution < -0.4 is 4.74 Å². The van der Waals surface area contributed by atoms with E-state index in [0.717, 1.165) is 39.3 Å². The molecule has 5 heteroatoms. The standard InChI is InChI=1S/C19H16N4O/c1-12-7-3-4-8-13(12)17-18-19(23-22-17)20-11-15(21-18)14-9-5-6-10-16(14)24-2/h3-11H,1-2H3,(H,20,22,23). The van der Waals surface area contributed by atoms with Crippen LogP contribution >= 0.6 is 0 Å². The third kappa shape index (κ3) is 2.31. The Bertz CT molecular complexity index is 1020. The minimum atomic E-state index is 0.604. The van der Waals surface area contributed by atoms with E-state index in [-0.39, 0.29) is 0 Å². The quantitative estimate of drug-likeness (QED) is 0.620. The van der Waals surface area contributed by atoms with E-state index in [1.807, 2.05) is 36.4 Å². The lowest BCUT2D eigenvalue weighted by atomic mass is 10.1. The maximum atomic E-state index is 5.44. The molecule has 0 amide bonds. The Morgan fingerprint density at radius 3 is 2.50 bits per heavy atom. The molecule has 24 heavy (non-hydrogen) atoms. The second-order valence-electron chi connectivity index (χ2n) is 5.54. The van der Waals surface area contributed by atoms with E-state index in [9.17, 15) is 0 Å². The first-order valence-electron chi connectivity index (χ1n) is 7.68. The van der Waals surface area contributed by atoms with Gasteiger partial charge >= 0.3 is 0 Å². The number of methoxy groups -OCH3 is 1. The summed E-state index contributed by atoms with van der Waals surface area (Å²) >= 11 is 0. The van der Waals surface area contributed by atoms with Gasteiger partial charge in [0.2, 0.25) is 0 Å². The molecule has 0 atom stereocenters. The summed E-state index contributed by atoms with van der Waals surface area (Å²) in [5, 5.41) is 7.36.